The molecule has 0 aliphatic carbocycles. The van der Waals surface area contributed by atoms with Crippen LogP contribution in [0.3, 0.4) is 0 Å². The summed E-state index contributed by atoms with van der Waals surface area (Å²) in [4.78, 5) is 20.8. The highest BCUT2D eigenvalue weighted by Crippen LogP contribution is 2.25. The molecule has 0 aromatic heterocycles. The van der Waals surface area contributed by atoms with Crippen LogP contribution in [0.25, 0.3) is 0 Å². The Labute approximate surface area is 184 Å². The summed E-state index contributed by atoms with van der Waals surface area (Å²) in [5.74, 6) is 0.980. The largest absolute Gasteiger partial charge is 0.367 e. The first-order chi connectivity index (χ1) is 12.5. The third-order valence-corrected chi connectivity index (χ3v) is 4.62. The maximum absolute atomic E-state index is 11.6. The number of hydrogen-bond donors (Lipinski definition) is 2. The Morgan fingerprint density at radius 2 is 1.85 bits per heavy atom. The van der Waals surface area contributed by atoms with Gasteiger partial charge in [0.1, 0.15) is 0 Å². The molecule has 1 aliphatic heterocycles. The molecule has 0 unspecified atom stereocenters. The van der Waals surface area contributed by atoms with E-state index in [0.29, 0.717) is 13.1 Å². The van der Waals surface area contributed by atoms with E-state index in [4.69, 9.17) is 11.6 Å². The molecule has 0 spiro atoms. The maximum Gasteiger partial charge on any atom is 0.222 e. The standard InChI is InChI=1S/C19H30ClN5O.HI/c1-4-21-19(23-10-9-22-18(26)15(2)3)25-13-11-24(12-14-25)17-8-6-5-7-16(17)20;/h5-8,15H,4,9-14H2,1-3H3,(H,21,23)(H,22,26);1H. The summed E-state index contributed by atoms with van der Waals surface area (Å²) in [7, 11) is 0. The van der Waals surface area contributed by atoms with Crippen LogP contribution in [0.1, 0.15) is 20.8 Å². The van der Waals surface area contributed by atoms with Crippen LogP contribution in [0.4, 0.5) is 5.69 Å². The third-order valence-electron chi connectivity index (χ3n) is 4.30. The predicted molar refractivity (Wildman–Crippen MR) is 124 cm³/mol. The van der Waals surface area contributed by atoms with Crippen molar-refractivity contribution < 1.29 is 4.79 Å². The lowest BCUT2D eigenvalue weighted by atomic mass is 10.2. The van der Waals surface area contributed by atoms with Crippen LogP contribution in [0.5, 0.6) is 0 Å². The van der Waals surface area contributed by atoms with Crippen molar-refractivity contribution in [1.29, 1.82) is 0 Å². The lowest BCUT2D eigenvalue weighted by Gasteiger charge is -2.38. The number of amides is 1. The number of para-hydroxylation sites is 1. The molecule has 1 heterocycles. The molecule has 1 fully saturated rings. The second kappa shape index (κ2) is 12.3. The summed E-state index contributed by atoms with van der Waals surface area (Å²) >= 11 is 6.31. The Balaban J connectivity index is 0.00000364. The lowest BCUT2D eigenvalue weighted by molar-refractivity contribution is -0.123. The number of rotatable bonds is 6. The van der Waals surface area contributed by atoms with Gasteiger partial charge in [0.2, 0.25) is 5.91 Å². The molecular formula is C19H31ClIN5O. The van der Waals surface area contributed by atoms with Crippen molar-refractivity contribution in [2.75, 3.05) is 50.7 Å². The number of halogens is 2. The molecule has 1 aromatic rings. The first kappa shape index (κ1) is 23.8. The molecule has 1 aromatic carbocycles. The van der Waals surface area contributed by atoms with E-state index >= 15 is 0 Å². The van der Waals surface area contributed by atoms with Crippen LogP contribution in [-0.2, 0) is 4.79 Å². The second-order valence-corrected chi connectivity index (χ2v) is 7.01. The second-order valence-electron chi connectivity index (χ2n) is 6.61. The minimum atomic E-state index is 0. The van der Waals surface area contributed by atoms with Gasteiger partial charge in [-0.15, -0.1) is 24.0 Å². The Hall–Kier alpha value is -1.22. The van der Waals surface area contributed by atoms with Crippen molar-refractivity contribution >= 4 is 53.1 Å². The first-order valence-electron chi connectivity index (χ1n) is 9.33. The smallest absolute Gasteiger partial charge is 0.222 e. The zero-order chi connectivity index (χ0) is 18.9. The van der Waals surface area contributed by atoms with Gasteiger partial charge in [-0.2, -0.15) is 0 Å². The molecule has 2 N–H and O–H groups in total. The van der Waals surface area contributed by atoms with Crippen molar-refractivity contribution in [3.05, 3.63) is 29.3 Å². The Kier molecular flexibility index (Phi) is 10.8. The van der Waals surface area contributed by atoms with Crippen molar-refractivity contribution in [3.63, 3.8) is 0 Å². The van der Waals surface area contributed by atoms with E-state index in [9.17, 15) is 4.79 Å². The fourth-order valence-electron chi connectivity index (χ4n) is 2.84. The Bertz CT molecular complexity index is 618. The molecule has 1 aliphatic rings. The molecule has 8 heteroatoms. The summed E-state index contributed by atoms with van der Waals surface area (Å²) in [5.41, 5.74) is 1.09. The van der Waals surface area contributed by atoms with Crippen molar-refractivity contribution in [3.8, 4) is 0 Å². The molecule has 0 atom stereocenters. The highest BCUT2D eigenvalue weighted by Gasteiger charge is 2.20. The topological polar surface area (TPSA) is 60.0 Å². The number of carbonyl (C=O) groups excluding carboxylic acids is 1. The summed E-state index contributed by atoms with van der Waals surface area (Å²) in [6, 6.07) is 7.97. The molecule has 0 radical (unpaired) electrons. The van der Waals surface area contributed by atoms with Gasteiger partial charge in [0.15, 0.2) is 5.96 Å². The average Bonchev–Trinajstić information content (AvgIpc) is 2.64. The van der Waals surface area contributed by atoms with E-state index < -0.39 is 0 Å². The lowest BCUT2D eigenvalue weighted by Crippen LogP contribution is -2.52. The number of hydrogen-bond acceptors (Lipinski definition) is 3. The van der Waals surface area contributed by atoms with Crippen LogP contribution in [0.2, 0.25) is 5.02 Å². The quantitative estimate of drug-likeness (QED) is 0.269. The van der Waals surface area contributed by atoms with E-state index in [2.05, 4.69) is 38.4 Å². The molecule has 152 valence electrons. The number of nitrogens with one attached hydrogen (secondary N) is 2. The molecule has 0 bridgehead atoms. The highest BCUT2D eigenvalue weighted by atomic mass is 127. The van der Waals surface area contributed by atoms with E-state index in [0.717, 1.165) is 49.4 Å². The van der Waals surface area contributed by atoms with Gasteiger partial charge in [-0.1, -0.05) is 37.6 Å². The summed E-state index contributed by atoms with van der Waals surface area (Å²) in [6.07, 6.45) is 0. The molecule has 27 heavy (non-hydrogen) atoms. The average molecular weight is 508 g/mol. The predicted octanol–water partition coefficient (Wildman–Crippen LogP) is 2.82. The minimum Gasteiger partial charge on any atom is -0.367 e. The number of anilines is 1. The van der Waals surface area contributed by atoms with Crippen molar-refractivity contribution in [2.45, 2.75) is 20.8 Å². The van der Waals surface area contributed by atoms with Crippen molar-refractivity contribution in [1.82, 2.24) is 15.5 Å². The van der Waals surface area contributed by atoms with Gasteiger partial charge in [0.05, 0.1) is 17.3 Å². The highest BCUT2D eigenvalue weighted by molar-refractivity contribution is 14.0. The Morgan fingerprint density at radius 3 is 2.44 bits per heavy atom. The van der Waals surface area contributed by atoms with Gasteiger partial charge in [0.25, 0.3) is 0 Å². The summed E-state index contributed by atoms with van der Waals surface area (Å²) < 4.78 is 0. The normalized spacial score (nSPS) is 14.8. The van der Waals surface area contributed by atoms with Gasteiger partial charge in [-0.25, -0.2) is 0 Å². The van der Waals surface area contributed by atoms with Crippen LogP contribution in [0, 0.1) is 5.92 Å². The van der Waals surface area contributed by atoms with E-state index in [1.165, 1.54) is 0 Å². The SMILES string of the molecule is CCNC(=NCCNC(=O)C(C)C)N1CCN(c2ccccc2Cl)CC1.I. The van der Waals surface area contributed by atoms with Gasteiger partial charge >= 0.3 is 0 Å². The number of aliphatic imine (C=N–C) groups is 1. The maximum atomic E-state index is 11.6. The van der Waals surface area contributed by atoms with Crippen LogP contribution < -0.4 is 15.5 Å². The first-order valence-corrected chi connectivity index (χ1v) is 9.71. The number of nitrogens with zero attached hydrogens (tertiary/aromatic N) is 3. The number of benzene rings is 1. The zero-order valence-electron chi connectivity index (χ0n) is 16.4. The van der Waals surface area contributed by atoms with Gasteiger partial charge in [-0.3, -0.25) is 9.79 Å². The van der Waals surface area contributed by atoms with E-state index in [1.807, 2.05) is 32.0 Å². The van der Waals surface area contributed by atoms with Gasteiger partial charge in [-0.05, 0) is 19.1 Å². The number of guanidine groups is 1. The molecule has 0 saturated carbocycles. The Morgan fingerprint density at radius 1 is 1.19 bits per heavy atom. The molecule has 2 rings (SSSR count). The fourth-order valence-corrected chi connectivity index (χ4v) is 3.09. The molecule has 1 amide bonds. The van der Waals surface area contributed by atoms with Crippen LogP contribution in [-0.4, -0.2) is 62.6 Å². The summed E-state index contributed by atoms with van der Waals surface area (Å²) in [5, 5.41) is 7.04. The van der Waals surface area contributed by atoms with E-state index in [1.54, 1.807) is 0 Å². The number of carbonyl (C=O) groups is 1. The van der Waals surface area contributed by atoms with Gasteiger partial charge < -0.3 is 20.4 Å². The summed E-state index contributed by atoms with van der Waals surface area (Å²) in [6.45, 7) is 11.4. The van der Waals surface area contributed by atoms with Crippen molar-refractivity contribution in [2.24, 2.45) is 10.9 Å². The molecular weight excluding hydrogens is 477 g/mol. The zero-order valence-corrected chi connectivity index (χ0v) is 19.5. The molecule has 6 nitrogen and oxygen atoms in total. The fraction of sp³-hybridized carbons (Fsp3) is 0.579. The minimum absolute atomic E-state index is 0. The van der Waals surface area contributed by atoms with Gasteiger partial charge in [0, 0.05) is 45.2 Å². The number of piperazine rings is 1. The molecule has 1 saturated heterocycles. The monoisotopic (exact) mass is 507 g/mol. The van der Waals surface area contributed by atoms with E-state index in [-0.39, 0.29) is 35.8 Å². The van der Waals surface area contributed by atoms with Crippen LogP contribution >= 0.6 is 35.6 Å². The third kappa shape index (κ3) is 7.37. The van der Waals surface area contributed by atoms with Crippen LogP contribution in [0.15, 0.2) is 29.3 Å².